The number of nitrogens with zero attached hydrogens (tertiary/aromatic N) is 5. The third-order valence-corrected chi connectivity index (χ3v) is 6.55. The number of rotatable bonds is 2. The third kappa shape index (κ3) is 9.98. The van der Waals surface area contributed by atoms with Crippen molar-refractivity contribution in [2.24, 2.45) is 0 Å². The van der Waals surface area contributed by atoms with Crippen molar-refractivity contribution >= 4 is 30.9 Å². The lowest BCUT2D eigenvalue weighted by Crippen LogP contribution is -2.41. The zero-order valence-corrected chi connectivity index (χ0v) is 25.0. The predicted molar refractivity (Wildman–Crippen MR) is 152 cm³/mol. The highest BCUT2D eigenvalue weighted by Gasteiger charge is 2.28. The molecule has 2 saturated heterocycles. The Bertz CT molecular complexity index is 1000. The first kappa shape index (κ1) is 33.0. The fourth-order valence-corrected chi connectivity index (χ4v) is 4.82. The van der Waals surface area contributed by atoms with Gasteiger partial charge in [0.25, 0.3) is 0 Å². The minimum atomic E-state index is -0.438. The number of halogens is 2. The lowest BCUT2D eigenvalue weighted by Gasteiger charge is -2.33. The van der Waals surface area contributed by atoms with Gasteiger partial charge in [-0.2, -0.15) is 20.4 Å². The van der Waals surface area contributed by atoms with Gasteiger partial charge in [0.05, 0.1) is 22.8 Å². The summed E-state index contributed by atoms with van der Waals surface area (Å²) in [6, 6.07) is 4.20. The number of piperidine rings is 2. The molecule has 0 aromatic carbocycles. The van der Waals surface area contributed by atoms with Gasteiger partial charge in [-0.05, 0) is 110 Å². The van der Waals surface area contributed by atoms with Gasteiger partial charge in [-0.3, -0.25) is 0 Å². The van der Waals surface area contributed by atoms with Gasteiger partial charge in [-0.15, -0.1) is 24.8 Å². The Balaban J connectivity index is 0.000000375. The van der Waals surface area contributed by atoms with E-state index in [-0.39, 0.29) is 30.9 Å². The summed E-state index contributed by atoms with van der Waals surface area (Å²) in [6.07, 6.45) is 4.00. The number of hydrogen-bond donors (Lipinski definition) is 1. The van der Waals surface area contributed by atoms with Crippen LogP contribution in [0.1, 0.15) is 92.2 Å². The molecule has 2 aliphatic heterocycles. The molecule has 0 atom stereocenters. The second kappa shape index (κ2) is 14.8. The summed E-state index contributed by atoms with van der Waals surface area (Å²) in [6.45, 7) is 17.5. The Kier molecular flexibility index (Phi) is 13.2. The SMILES string of the molecule is Cc1cc(C)c(C2CCN(C(=O)OC(C)(C)C)CC2)nn1.Cc1cc(C)c(C2CCNCC2)nn1.Cl.Cl. The van der Waals surface area contributed by atoms with Gasteiger partial charge in [0, 0.05) is 24.9 Å². The molecule has 4 heterocycles. The quantitative estimate of drug-likeness (QED) is 0.515. The largest absolute Gasteiger partial charge is 0.444 e. The first-order chi connectivity index (χ1) is 16.5. The lowest BCUT2D eigenvalue weighted by atomic mass is 9.91. The van der Waals surface area contributed by atoms with Crippen LogP contribution < -0.4 is 5.32 Å². The Morgan fingerprint density at radius 1 is 0.811 bits per heavy atom. The van der Waals surface area contributed by atoms with Crippen LogP contribution in [0.15, 0.2) is 12.1 Å². The third-order valence-electron chi connectivity index (χ3n) is 6.55. The summed E-state index contributed by atoms with van der Waals surface area (Å²) in [7, 11) is 0. The molecule has 2 aliphatic rings. The molecule has 0 bridgehead atoms. The van der Waals surface area contributed by atoms with Crippen molar-refractivity contribution in [3.05, 3.63) is 46.0 Å². The average molecular weight is 556 g/mol. The van der Waals surface area contributed by atoms with Gasteiger partial charge in [0.15, 0.2) is 0 Å². The van der Waals surface area contributed by atoms with Crippen molar-refractivity contribution in [3.63, 3.8) is 0 Å². The molecule has 2 aromatic rings. The highest BCUT2D eigenvalue weighted by atomic mass is 35.5. The van der Waals surface area contributed by atoms with Gasteiger partial charge < -0.3 is 15.0 Å². The van der Waals surface area contributed by atoms with Crippen molar-refractivity contribution < 1.29 is 9.53 Å². The molecule has 2 aromatic heterocycles. The van der Waals surface area contributed by atoms with E-state index in [4.69, 9.17) is 4.74 Å². The maximum atomic E-state index is 12.0. The van der Waals surface area contributed by atoms with Gasteiger partial charge in [-0.25, -0.2) is 4.79 Å². The Labute approximate surface area is 234 Å². The standard InChI is InChI=1S/C16H25N3O2.C11H17N3.2ClH/c1-11-10-12(2)17-18-14(11)13-6-8-19(9-7-13)15(20)21-16(3,4)5;1-8-7-9(2)13-14-11(8)10-3-5-12-6-4-10;;/h10,13H,6-9H2,1-5H3;7,10,12H,3-6H2,1-2H3;2*1H. The first-order valence-corrected chi connectivity index (χ1v) is 12.8. The lowest BCUT2D eigenvalue weighted by molar-refractivity contribution is 0.0204. The summed E-state index contributed by atoms with van der Waals surface area (Å²) in [5, 5.41) is 20.3. The van der Waals surface area contributed by atoms with Crippen LogP contribution in [0.3, 0.4) is 0 Å². The topological polar surface area (TPSA) is 93.1 Å². The Morgan fingerprint density at radius 2 is 1.24 bits per heavy atom. The van der Waals surface area contributed by atoms with E-state index in [0.29, 0.717) is 24.9 Å². The maximum absolute atomic E-state index is 12.0. The first-order valence-electron chi connectivity index (χ1n) is 12.8. The Hall–Kier alpha value is -2.03. The van der Waals surface area contributed by atoms with Crippen LogP contribution in [0.5, 0.6) is 0 Å². The maximum Gasteiger partial charge on any atom is 0.410 e. The molecule has 1 amide bonds. The van der Waals surface area contributed by atoms with E-state index in [1.807, 2.05) is 34.6 Å². The van der Waals surface area contributed by atoms with Crippen LogP contribution in [0.25, 0.3) is 0 Å². The molecule has 10 heteroatoms. The molecule has 37 heavy (non-hydrogen) atoms. The number of aryl methyl sites for hydroxylation is 4. The normalized spacial score (nSPS) is 16.6. The minimum absolute atomic E-state index is 0. The van der Waals surface area contributed by atoms with Crippen LogP contribution in [0.2, 0.25) is 0 Å². The second-order valence-electron chi connectivity index (χ2n) is 10.9. The molecule has 208 valence electrons. The number of amides is 1. The van der Waals surface area contributed by atoms with Crippen LogP contribution >= 0.6 is 24.8 Å². The van der Waals surface area contributed by atoms with E-state index >= 15 is 0 Å². The molecule has 4 rings (SSSR count). The zero-order valence-electron chi connectivity index (χ0n) is 23.3. The van der Waals surface area contributed by atoms with Crippen molar-refractivity contribution in [3.8, 4) is 0 Å². The molecular weight excluding hydrogens is 511 g/mol. The average Bonchev–Trinajstić information content (AvgIpc) is 2.79. The highest BCUT2D eigenvalue weighted by molar-refractivity contribution is 5.85. The van der Waals surface area contributed by atoms with Crippen molar-refractivity contribution in [1.29, 1.82) is 0 Å². The Morgan fingerprint density at radius 3 is 1.65 bits per heavy atom. The summed E-state index contributed by atoms with van der Waals surface area (Å²) < 4.78 is 5.42. The predicted octanol–water partition coefficient (Wildman–Crippen LogP) is 5.61. The van der Waals surface area contributed by atoms with E-state index in [0.717, 1.165) is 43.0 Å². The number of aromatic nitrogens is 4. The van der Waals surface area contributed by atoms with E-state index in [2.05, 4.69) is 51.7 Å². The number of carbonyl (C=O) groups is 1. The number of hydrogen-bond acceptors (Lipinski definition) is 7. The van der Waals surface area contributed by atoms with E-state index in [9.17, 15) is 4.79 Å². The monoisotopic (exact) mass is 554 g/mol. The fourth-order valence-electron chi connectivity index (χ4n) is 4.82. The van der Waals surface area contributed by atoms with E-state index < -0.39 is 5.60 Å². The van der Waals surface area contributed by atoms with Crippen molar-refractivity contribution in [2.75, 3.05) is 26.2 Å². The second-order valence-corrected chi connectivity index (χ2v) is 10.9. The summed E-state index contributed by atoms with van der Waals surface area (Å²) in [4.78, 5) is 13.8. The molecule has 0 saturated carbocycles. The number of likely N-dealkylation sites (tertiary alicyclic amines) is 1. The molecular formula is C27H44Cl2N6O2. The van der Waals surface area contributed by atoms with Gasteiger partial charge in [0.1, 0.15) is 5.60 Å². The van der Waals surface area contributed by atoms with Crippen molar-refractivity contribution in [1.82, 2.24) is 30.6 Å². The minimum Gasteiger partial charge on any atom is -0.444 e. The molecule has 0 spiro atoms. The van der Waals surface area contributed by atoms with Crippen LogP contribution in [-0.4, -0.2) is 63.2 Å². The molecule has 0 radical (unpaired) electrons. The van der Waals surface area contributed by atoms with Crippen LogP contribution in [-0.2, 0) is 4.74 Å². The molecule has 2 fully saturated rings. The number of nitrogens with one attached hydrogen (secondary N) is 1. The van der Waals surface area contributed by atoms with Gasteiger partial charge in [-0.1, -0.05) is 0 Å². The van der Waals surface area contributed by atoms with E-state index in [1.54, 1.807) is 4.90 Å². The van der Waals surface area contributed by atoms with Crippen LogP contribution in [0, 0.1) is 27.7 Å². The van der Waals surface area contributed by atoms with Gasteiger partial charge >= 0.3 is 6.09 Å². The molecule has 0 unspecified atom stereocenters. The summed E-state index contributed by atoms with van der Waals surface area (Å²) in [5.41, 5.74) is 6.29. The molecule has 0 aliphatic carbocycles. The molecule has 8 nitrogen and oxygen atoms in total. The molecule has 1 N–H and O–H groups in total. The van der Waals surface area contributed by atoms with Crippen LogP contribution in [0.4, 0.5) is 4.79 Å². The fraction of sp³-hybridized carbons (Fsp3) is 0.667. The smallest absolute Gasteiger partial charge is 0.410 e. The summed E-state index contributed by atoms with van der Waals surface area (Å²) in [5.74, 6) is 1.00. The number of ether oxygens (including phenoxy) is 1. The van der Waals surface area contributed by atoms with Crippen molar-refractivity contribution in [2.45, 2.75) is 91.6 Å². The highest BCUT2D eigenvalue weighted by Crippen LogP contribution is 2.29. The zero-order chi connectivity index (χ0) is 25.6. The van der Waals surface area contributed by atoms with E-state index in [1.165, 1.54) is 29.7 Å². The van der Waals surface area contributed by atoms with Gasteiger partial charge in [0.2, 0.25) is 0 Å². The summed E-state index contributed by atoms with van der Waals surface area (Å²) >= 11 is 0. The number of carbonyl (C=O) groups excluding carboxylic acids is 1.